The number of rotatable bonds is 3. The second-order valence-electron chi connectivity index (χ2n) is 4.03. The van der Waals surface area contributed by atoms with Crippen LogP contribution in [0.15, 0.2) is 30.7 Å². The molecule has 2 aromatic rings. The minimum Gasteiger partial charge on any atom is -0.384 e. The largest absolute Gasteiger partial charge is 0.384 e. The zero-order valence-electron chi connectivity index (χ0n) is 11.0. The number of nitrogens with zero attached hydrogens (tertiary/aromatic N) is 3. The fraction of sp³-hybridized carbons (Fsp3) is 0.214. The molecule has 0 saturated heterocycles. The van der Waals surface area contributed by atoms with Gasteiger partial charge in [-0.05, 0) is 12.1 Å². The highest BCUT2D eigenvalue weighted by Gasteiger charge is 2.07. The number of carbonyl (C=O) groups excluding carboxylic acids is 1. The molecule has 6 nitrogen and oxygen atoms in total. The molecule has 2 heterocycles. The van der Waals surface area contributed by atoms with Crippen LogP contribution in [-0.4, -0.2) is 32.2 Å². The van der Waals surface area contributed by atoms with E-state index in [9.17, 15) is 4.79 Å². The number of aromatic nitrogens is 3. The lowest BCUT2D eigenvalue weighted by atomic mass is 10.2. The number of aliphatic hydroxyl groups excluding tert-OH is 1. The fourth-order valence-corrected chi connectivity index (χ4v) is 1.56. The zero-order chi connectivity index (χ0) is 14.4. The average Bonchev–Trinajstić information content (AvgIpc) is 2.88. The summed E-state index contributed by atoms with van der Waals surface area (Å²) < 4.78 is 1.83. The molecule has 0 atom stereocenters. The summed E-state index contributed by atoms with van der Waals surface area (Å²) in [6, 6.07) is 3.28. The maximum Gasteiger partial charge on any atom is 0.270 e. The SMILES string of the molecule is Cn1ccnc1CNC(=O)c1ccc(C#CCO)cn1. The first kappa shape index (κ1) is 13.8. The molecule has 0 fully saturated rings. The van der Waals surface area contributed by atoms with Crippen LogP contribution in [0.5, 0.6) is 0 Å². The summed E-state index contributed by atoms with van der Waals surface area (Å²) >= 11 is 0. The third-order valence-corrected chi connectivity index (χ3v) is 2.64. The number of carbonyl (C=O) groups is 1. The van der Waals surface area contributed by atoms with E-state index in [1.807, 2.05) is 17.8 Å². The Balaban J connectivity index is 1.97. The van der Waals surface area contributed by atoms with Crippen molar-refractivity contribution in [3.8, 4) is 11.8 Å². The Kier molecular flexibility index (Phi) is 4.47. The van der Waals surface area contributed by atoms with Crippen molar-refractivity contribution >= 4 is 5.91 Å². The van der Waals surface area contributed by atoms with Crippen LogP contribution in [0.4, 0.5) is 0 Å². The highest BCUT2D eigenvalue weighted by molar-refractivity contribution is 5.92. The van der Waals surface area contributed by atoms with Gasteiger partial charge in [0.1, 0.15) is 18.1 Å². The van der Waals surface area contributed by atoms with Crippen molar-refractivity contribution in [3.05, 3.63) is 47.8 Å². The molecule has 2 N–H and O–H groups in total. The molecule has 0 bridgehead atoms. The highest BCUT2D eigenvalue weighted by atomic mass is 16.2. The topological polar surface area (TPSA) is 80.0 Å². The first-order chi connectivity index (χ1) is 9.70. The van der Waals surface area contributed by atoms with Crippen molar-refractivity contribution in [2.45, 2.75) is 6.54 Å². The molecule has 2 aromatic heterocycles. The molecular weight excluding hydrogens is 256 g/mol. The predicted octanol–water partition coefficient (Wildman–Crippen LogP) is 0.0889. The van der Waals surface area contributed by atoms with E-state index in [0.717, 1.165) is 5.82 Å². The van der Waals surface area contributed by atoms with E-state index < -0.39 is 0 Å². The third kappa shape index (κ3) is 3.43. The highest BCUT2D eigenvalue weighted by Crippen LogP contribution is 2.00. The second-order valence-corrected chi connectivity index (χ2v) is 4.03. The molecule has 6 heteroatoms. The number of hydrogen-bond donors (Lipinski definition) is 2. The number of aryl methyl sites for hydroxylation is 1. The van der Waals surface area contributed by atoms with E-state index in [1.165, 1.54) is 6.20 Å². The van der Waals surface area contributed by atoms with Crippen LogP contribution in [0.1, 0.15) is 21.9 Å². The standard InChI is InChI=1S/C14H14N4O2/c1-18-7-6-15-13(18)10-17-14(20)12-5-4-11(9-16-12)3-2-8-19/h4-7,9,19H,8,10H2,1H3,(H,17,20). The summed E-state index contributed by atoms with van der Waals surface area (Å²) in [7, 11) is 1.86. The first-order valence-corrected chi connectivity index (χ1v) is 6.01. The number of aliphatic hydroxyl groups is 1. The van der Waals surface area contributed by atoms with Gasteiger partial charge in [0, 0.05) is 31.2 Å². The molecule has 20 heavy (non-hydrogen) atoms. The summed E-state index contributed by atoms with van der Waals surface area (Å²) in [6.45, 7) is 0.141. The Morgan fingerprint density at radius 1 is 1.45 bits per heavy atom. The Morgan fingerprint density at radius 3 is 2.90 bits per heavy atom. The van der Waals surface area contributed by atoms with Crippen LogP contribution in [0.25, 0.3) is 0 Å². The Hall–Kier alpha value is -2.65. The van der Waals surface area contributed by atoms with E-state index >= 15 is 0 Å². The van der Waals surface area contributed by atoms with E-state index in [2.05, 4.69) is 27.1 Å². The maximum absolute atomic E-state index is 11.9. The van der Waals surface area contributed by atoms with Crippen molar-refractivity contribution < 1.29 is 9.90 Å². The van der Waals surface area contributed by atoms with E-state index in [0.29, 0.717) is 17.8 Å². The van der Waals surface area contributed by atoms with Crippen LogP contribution in [-0.2, 0) is 13.6 Å². The number of nitrogens with one attached hydrogen (secondary N) is 1. The van der Waals surface area contributed by atoms with Gasteiger partial charge in [-0.3, -0.25) is 4.79 Å². The van der Waals surface area contributed by atoms with Crippen LogP contribution in [0, 0.1) is 11.8 Å². The lowest BCUT2D eigenvalue weighted by Crippen LogP contribution is -2.25. The third-order valence-electron chi connectivity index (χ3n) is 2.64. The minimum atomic E-state index is -0.269. The summed E-state index contributed by atoms with van der Waals surface area (Å²) in [5.41, 5.74) is 0.966. The van der Waals surface area contributed by atoms with Crippen molar-refractivity contribution in [2.24, 2.45) is 7.05 Å². The van der Waals surface area contributed by atoms with Gasteiger partial charge in [0.25, 0.3) is 5.91 Å². The van der Waals surface area contributed by atoms with Crippen molar-refractivity contribution in [3.63, 3.8) is 0 Å². The molecule has 1 amide bonds. The Bertz CT molecular complexity index is 650. The van der Waals surface area contributed by atoms with Gasteiger partial charge in [0.15, 0.2) is 0 Å². The quantitative estimate of drug-likeness (QED) is 0.775. The molecule has 0 saturated carbocycles. The van der Waals surface area contributed by atoms with Crippen LogP contribution >= 0.6 is 0 Å². The fourth-order valence-electron chi connectivity index (χ4n) is 1.56. The number of hydrogen-bond acceptors (Lipinski definition) is 4. The minimum absolute atomic E-state index is 0.202. The number of imidazole rings is 1. The number of amides is 1. The van der Waals surface area contributed by atoms with E-state index in [4.69, 9.17) is 5.11 Å². The summed E-state index contributed by atoms with van der Waals surface area (Å²) in [5.74, 6) is 5.73. The molecule has 0 unspecified atom stereocenters. The van der Waals surface area contributed by atoms with Gasteiger partial charge in [-0.15, -0.1) is 0 Å². The maximum atomic E-state index is 11.9. The first-order valence-electron chi connectivity index (χ1n) is 6.01. The average molecular weight is 270 g/mol. The smallest absolute Gasteiger partial charge is 0.270 e. The van der Waals surface area contributed by atoms with Crippen molar-refractivity contribution in [1.82, 2.24) is 19.9 Å². The number of pyridine rings is 1. The van der Waals surface area contributed by atoms with Crippen LogP contribution in [0.3, 0.4) is 0 Å². The summed E-state index contributed by atoms with van der Waals surface area (Å²) in [5, 5.41) is 11.3. The van der Waals surface area contributed by atoms with Gasteiger partial charge in [0.05, 0.1) is 6.54 Å². The predicted molar refractivity (Wildman–Crippen MR) is 72.6 cm³/mol. The molecule has 0 radical (unpaired) electrons. The van der Waals surface area contributed by atoms with Crippen molar-refractivity contribution in [1.29, 1.82) is 0 Å². The van der Waals surface area contributed by atoms with E-state index in [1.54, 1.807) is 18.3 Å². The molecule has 0 aromatic carbocycles. The lowest BCUT2D eigenvalue weighted by Gasteiger charge is -2.04. The monoisotopic (exact) mass is 270 g/mol. The lowest BCUT2D eigenvalue weighted by molar-refractivity contribution is 0.0944. The molecule has 0 aliphatic rings. The van der Waals surface area contributed by atoms with Gasteiger partial charge in [-0.2, -0.15) is 0 Å². The Morgan fingerprint density at radius 2 is 2.30 bits per heavy atom. The van der Waals surface area contributed by atoms with Crippen LogP contribution < -0.4 is 5.32 Å². The van der Waals surface area contributed by atoms with Gasteiger partial charge in [-0.1, -0.05) is 11.8 Å². The summed E-state index contributed by atoms with van der Waals surface area (Å²) in [6.07, 6.45) is 4.99. The molecule has 2 rings (SSSR count). The van der Waals surface area contributed by atoms with Crippen LogP contribution in [0.2, 0.25) is 0 Å². The molecule has 0 aliphatic heterocycles. The van der Waals surface area contributed by atoms with Crippen molar-refractivity contribution in [2.75, 3.05) is 6.61 Å². The van der Waals surface area contributed by atoms with E-state index in [-0.39, 0.29) is 12.5 Å². The molecule has 0 aliphatic carbocycles. The Labute approximate surface area is 116 Å². The zero-order valence-corrected chi connectivity index (χ0v) is 11.0. The van der Waals surface area contributed by atoms with Gasteiger partial charge in [0.2, 0.25) is 0 Å². The van der Waals surface area contributed by atoms with Gasteiger partial charge < -0.3 is 15.0 Å². The van der Waals surface area contributed by atoms with Gasteiger partial charge >= 0.3 is 0 Å². The molecule has 102 valence electrons. The molecular formula is C14H14N4O2. The molecule has 0 spiro atoms. The normalized spacial score (nSPS) is 9.70. The summed E-state index contributed by atoms with van der Waals surface area (Å²) in [4.78, 5) is 20.0. The second kappa shape index (κ2) is 6.50. The van der Waals surface area contributed by atoms with Gasteiger partial charge in [-0.25, -0.2) is 9.97 Å².